The number of hydrogen-bond donors (Lipinski definition) is 2. The van der Waals surface area contributed by atoms with E-state index in [1.165, 1.54) is 0 Å². The van der Waals surface area contributed by atoms with E-state index in [0.717, 1.165) is 0 Å². The molecule has 2 aliphatic heterocycles. The maximum atomic E-state index is 12.9. The van der Waals surface area contributed by atoms with Crippen molar-refractivity contribution in [2.24, 2.45) is 23.7 Å². The molecule has 0 amide bonds. The standard InChI is InChI=1S/C32H57NO8.Rh/c1-20-14-12-11-13-15-23(4)39-26(35)18-21(2)28(37-9)30(32(36,16-17-34)19-22(20)3)41-31-29(38-10)27(33(7)8)24(5)25(6)40-31;/h11-14,20-25,27-31,34,36H,15-19H2,1-10H3;/b13-11+,14-12+;/t20-,21+,22+,23+,24?,25?,27?,28-,29?,30+,31?,32+;/m0./s1. The number of aliphatic hydroxyl groups is 2. The van der Waals surface area contributed by atoms with Gasteiger partial charge in [-0.3, -0.25) is 4.79 Å². The van der Waals surface area contributed by atoms with Gasteiger partial charge in [-0.1, -0.05) is 52.0 Å². The Hall–Kier alpha value is -0.707. The smallest absolute Gasteiger partial charge is 0.306 e. The van der Waals surface area contributed by atoms with Crippen LogP contribution >= 0.6 is 0 Å². The van der Waals surface area contributed by atoms with Gasteiger partial charge >= 0.3 is 5.97 Å². The van der Waals surface area contributed by atoms with E-state index in [4.69, 9.17) is 23.7 Å². The van der Waals surface area contributed by atoms with Crippen molar-refractivity contribution in [3.8, 4) is 0 Å². The topological polar surface area (TPSA) is 107 Å². The van der Waals surface area contributed by atoms with Gasteiger partial charge in [0, 0.05) is 65.1 Å². The van der Waals surface area contributed by atoms with Crippen molar-refractivity contribution in [3.05, 3.63) is 24.3 Å². The summed E-state index contributed by atoms with van der Waals surface area (Å²) in [6.07, 6.45) is 5.86. The maximum absolute atomic E-state index is 12.9. The molecular formula is C32H57NO8Rh. The molecule has 2 rings (SSSR count). The van der Waals surface area contributed by atoms with Crippen LogP contribution in [0.2, 0.25) is 0 Å². The van der Waals surface area contributed by atoms with E-state index in [-0.39, 0.29) is 86.8 Å². The monoisotopic (exact) mass is 686 g/mol. The molecule has 12 atom stereocenters. The van der Waals surface area contributed by atoms with Gasteiger partial charge in [0.1, 0.15) is 18.3 Å². The van der Waals surface area contributed by atoms with E-state index in [9.17, 15) is 15.0 Å². The number of nitrogens with zero attached hydrogens (tertiary/aromatic N) is 1. The first-order valence-corrected chi connectivity index (χ1v) is 15.2. The molecule has 0 aromatic carbocycles. The quantitative estimate of drug-likeness (QED) is 0.304. The molecule has 0 aromatic rings. The van der Waals surface area contributed by atoms with Gasteiger partial charge in [-0.05, 0) is 52.1 Å². The SMILES string of the molecule is COC1C(O[C@@H]2[C@@H](OC)[C@H](C)CC(=O)O[C@H](C)C/C=C/C=C/[C@H](C)[C@H](C)C[C@]2(O)CCO)OC(C)C(C)C1N(C)C.[Rh]. The Kier molecular flexibility index (Phi) is 17.1. The summed E-state index contributed by atoms with van der Waals surface area (Å²) in [6.45, 7) is 11.9. The number of aliphatic hydroxyl groups excluding tert-OH is 1. The fourth-order valence-corrected chi connectivity index (χ4v) is 6.36. The van der Waals surface area contributed by atoms with Crippen LogP contribution in [-0.4, -0.2) is 104 Å². The van der Waals surface area contributed by atoms with Crippen LogP contribution < -0.4 is 0 Å². The van der Waals surface area contributed by atoms with E-state index in [0.29, 0.717) is 12.8 Å². The molecule has 2 N–H and O–H groups in total. The Morgan fingerprint density at radius 1 is 1.02 bits per heavy atom. The summed E-state index contributed by atoms with van der Waals surface area (Å²) >= 11 is 0. The second-order valence-corrected chi connectivity index (χ2v) is 12.6. The first-order chi connectivity index (χ1) is 19.3. The number of esters is 1. The Bertz CT molecular complexity index is 856. The minimum atomic E-state index is -1.49. The maximum Gasteiger partial charge on any atom is 0.306 e. The zero-order valence-electron chi connectivity index (χ0n) is 27.3. The summed E-state index contributed by atoms with van der Waals surface area (Å²) in [5.41, 5.74) is -1.49. The average molecular weight is 687 g/mol. The number of methoxy groups -OCH3 is 2. The normalized spacial score (nSPS) is 42.4. The van der Waals surface area contributed by atoms with Crippen molar-refractivity contribution in [1.29, 1.82) is 0 Å². The number of carbonyl (C=O) groups excluding carboxylic acids is 1. The molecule has 2 heterocycles. The summed E-state index contributed by atoms with van der Waals surface area (Å²) in [7, 11) is 7.22. The van der Waals surface area contributed by atoms with Crippen LogP contribution in [0, 0.1) is 23.7 Å². The van der Waals surface area contributed by atoms with Gasteiger partial charge in [-0.25, -0.2) is 0 Å². The summed E-state index contributed by atoms with van der Waals surface area (Å²) in [4.78, 5) is 15.0. The van der Waals surface area contributed by atoms with E-state index in [1.807, 2.05) is 53.1 Å². The molecule has 10 heteroatoms. The second-order valence-electron chi connectivity index (χ2n) is 12.6. The predicted molar refractivity (Wildman–Crippen MR) is 159 cm³/mol. The minimum absolute atomic E-state index is 0. The summed E-state index contributed by atoms with van der Waals surface area (Å²) < 4.78 is 30.8. The Morgan fingerprint density at radius 3 is 2.24 bits per heavy atom. The third kappa shape index (κ3) is 10.4. The predicted octanol–water partition coefficient (Wildman–Crippen LogP) is 3.96. The van der Waals surface area contributed by atoms with Crippen molar-refractivity contribution < 1.29 is 58.2 Å². The first-order valence-electron chi connectivity index (χ1n) is 15.2. The van der Waals surface area contributed by atoms with Crippen molar-refractivity contribution >= 4 is 5.97 Å². The third-order valence-electron chi connectivity index (χ3n) is 9.11. The first kappa shape index (κ1) is 39.3. The molecule has 247 valence electrons. The van der Waals surface area contributed by atoms with Crippen molar-refractivity contribution in [2.75, 3.05) is 34.9 Å². The largest absolute Gasteiger partial charge is 0.462 e. The fourth-order valence-electron chi connectivity index (χ4n) is 6.36. The van der Waals surface area contributed by atoms with E-state index in [2.05, 4.69) is 31.7 Å². The molecule has 1 saturated heterocycles. The Balaban J connectivity index is 0.00000882. The van der Waals surface area contributed by atoms with Crippen LogP contribution in [0.15, 0.2) is 24.3 Å². The number of rotatable bonds is 7. The number of carbonyl (C=O) groups is 1. The van der Waals surface area contributed by atoms with Crippen LogP contribution in [0.25, 0.3) is 0 Å². The van der Waals surface area contributed by atoms with Gasteiger partial charge in [0.2, 0.25) is 0 Å². The van der Waals surface area contributed by atoms with Crippen molar-refractivity contribution in [2.45, 2.75) is 116 Å². The van der Waals surface area contributed by atoms with Crippen LogP contribution in [0.3, 0.4) is 0 Å². The van der Waals surface area contributed by atoms with Crippen LogP contribution in [0.4, 0.5) is 0 Å². The molecule has 0 aromatic heterocycles. The molecule has 9 nitrogen and oxygen atoms in total. The molecule has 0 saturated carbocycles. The molecule has 42 heavy (non-hydrogen) atoms. The minimum Gasteiger partial charge on any atom is -0.462 e. The van der Waals surface area contributed by atoms with Gasteiger partial charge in [0.15, 0.2) is 6.29 Å². The molecule has 5 unspecified atom stereocenters. The van der Waals surface area contributed by atoms with Gasteiger partial charge in [-0.2, -0.15) is 0 Å². The molecule has 0 bridgehead atoms. The molecular weight excluding hydrogens is 629 g/mol. The number of ether oxygens (including phenoxy) is 5. The molecule has 0 aliphatic carbocycles. The van der Waals surface area contributed by atoms with Crippen LogP contribution in [0.5, 0.6) is 0 Å². The van der Waals surface area contributed by atoms with Gasteiger partial charge < -0.3 is 38.8 Å². The molecule has 2 aliphatic rings. The zero-order chi connectivity index (χ0) is 30.9. The molecule has 1 fully saturated rings. The second kappa shape index (κ2) is 18.3. The van der Waals surface area contributed by atoms with E-state index in [1.54, 1.807) is 14.2 Å². The number of cyclic esters (lactones) is 1. The number of likely N-dealkylation sites (N-methyl/N-ethyl adjacent to an activating group) is 1. The van der Waals surface area contributed by atoms with Crippen LogP contribution in [0.1, 0.15) is 67.2 Å². The van der Waals surface area contributed by atoms with Gasteiger partial charge in [0.05, 0.1) is 24.2 Å². The molecule has 0 spiro atoms. The Morgan fingerprint density at radius 2 is 1.67 bits per heavy atom. The summed E-state index contributed by atoms with van der Waals surface area (Å²) in [5.74, 6) is -0.349. The molecule has 1 radical (unpaired) electrons. The number of allylic oxidation sites excluding steroid dienone is 3. The van der Waals surface area contributed by atoms with E-state index >= 15 is 0 Å². The summed E-state index contributed by atoms with van der Waals surface area (Å²) in [6, 6.07) is -0.00194. The number of hydrogen-bond acceptors (Lipinski definition) is 9. The summed E-state index contributed by atoms with van der Waals surface area (Å²) in [5, 5.41) is 22.6. The Labute approximate surface area is 267 Å². The average Bonchev–Trinajstić information content (AvgIpc) is 2.88. The van der Waals surface area contributed by atoms with Gasteiger partial charge in [0.25, 0.3) is 0 Å². The van der Waals surface area contributed by atoms with E-state index < -0.39 is 30.2 Å². The van der Waals surface area contributed by atoms with Crippen molar-refractivity contribution in [3.63, 3.8) is 0 Å². The van der Waals surface area contributed by atoms with Gasteiger partial charge in [-0.15, -0.1) is 0 Å². The zero-order valence-corrected chi connectivity index (χ0v) is 29.0. The fraction of sp³-hybridized carbons (Fsp3) is 0.844. The van der Waals surface area contributed by atoms with Crippen molar-refractivity contribution in [1.82, 2.24) is 4.90 Å². The van der Waals surface area contributed by atoms with Crippen LogP contribution in [-0.2, 0) is 48.0 Å². The third-order valence-corrected chi connectivity index (χ3v) is 9.11.